The van der Waals surface area contributed by atoms with Crippen molar-refractivity contribution in [1.82, 2.24) is 5.32 Å². The van der Waals surface area contributed by atoms with Gasteiger partial charge in [0.05, 0.1) is 6.10 Å². The van der Waals surface area contributed by atoms with Gasteiger partial charge in [-0.15, -0.1) is 0 Å². The van der Waals surface area contributed by atoms with E-state index in [2.05, 4.69) is 50.4 Å². The summed E-state index contributed by atoms with van der Waals surface area (Å²) < 4.78 is 5.66. The zero-order chi connectivity index (χ0) is 12.4. The molecule has 1 aromatic rings. The van der Waals surface area contributed by atoms with Crippen molar-refractivity contribution in [2.24, 2.45) is 11.8 Å². The molecule has 0 saturated heterocycles. The van der Waals surface area contributed by atoms with Gasteiger partial charge in [-0.1, -0.05) is 19.1 Å². The standard InChI is InChI=1S/C15H23NO/c1-10(2)17-13-7-5-12(6-8-13)15(16-4)14-9-11(14)3/h5-8,10-11,14-16H,9H2,1-4H3. The maximum atomic E-state index is 5.66. The summed E-state index contributed by atoms with van der Waals surface area (Å²) in [5.74, 6) is 2.62. The third kappa shape index (κ3) is 3.01. The third-order valence-corrected chi connectivity index (χ3v) is 3.52. The predicted molar refractivity (Wildman–Crippen MR) is 71.3 cm³/mol. The highest BCUT2D eigenvalue weighted by atomic mass is 16.5. The fourth-order valence-electron chi connectivity index (χ4n) is 2.47. The molecule has 2 rings (SSSR count). The molecule has 0 heterocycles. The Morgan fingerprint density at radius 1 is 1.24 bits per heavy atom. The highest BCUT2D eigenvalue weighted by Crippen LogP contribution is 2.46. The van der Waals surface area contributed by atoms with E-state index in [1.807, 2.05) is 7.05 Å². The lowest BCUT2D eigenvalue weighted by molar-refractivity contribution is 0.242. The number of hydrogen-bond donors (Lipinski definition) is 1. The van der Waals surface area contributed by atoms with Gasteiger partial charge < -0.3 is 10.1 Å². The van der Waals surface area contributed by atoms with Crippen LogP contribution >= 0.6 is 0 Å². The first-order chi connectivity index (χ1) is 8.11. The van der Waals surface area contributed by atoms with Crippen LogP contribution in [0.25, 0.3) is 0 Å². The number of benzene rings is 1. The van der Waals surface area contributed by atoms with Crippen molar-refractivity contribution in [2.75, 3.05) is 7.05 Å². The first-order valence-corrected chi connectivity index (χ1v) is 6.55. The Kier molecular flexibility index (Phi) is 3.72. The third-order valence-electron chi connectivity index (χ3n) is 3.52. The smallest absolute Gasteiger partial charge is 0.119 e. The fourth-order valence-corrected chi connectivity index (χ4v) is 2.47. The van der Waals surface area contributed by atoms with Gasteiger partial charge in [-0.25, -0.2) is 0 Å². The number of hydrogen-bond acceptors (Lipinski definition) is 2. The van der Waals surface area contributed by atoms with E-state index < -0.39 is 0 Å². The Morgan fingerprint density at radius 3 is 2.24 bits per heavy atom. The molecule has 0 radical (unpaired) electrons. The molecule has 3 atom stereocenters. The monoisotopic (exact) mass is 233 g/mol. The van der Waals surface area contributed by atoms with Crippen molar-refractivity contribution in [2.45, 2.75) is 39.3 Å². The molecule has 1 aliphatic carbocycles. The molecule has 1 N–H and O–H groups in total. The van der Waals surface area contributed by atoms with Gasteiger partial charge in [-0.3, -0.25) is 0 Å². The molecule has 0 aromatic heterocycles. The Balaban J connectivity index is 2.05. The Hall–Kier alpha value is -1.02. The average Bonchev–Trinajstić information content (AvgIpc) is 2.98. The van der Waals surface area contributed by atoms with E-state index in [-0.39, 0.29) is 6.10 Å². The summed E-state index contributed by atoms with van der Waals surface area (Å²) in [6, 6.07) is 9.02. The van der Waals surface area contributed by atoms with Gasteiger partial charge in [0.25, 0.3) is 0 Å². The molecule has 1 aliphatic rings. The highest BCUT2D eigenvalue weighted by molar-refractivity contribution is 5.30. The second-order valence-electron chi connectivity index (χ2n) is 5.38. The molecule has 0 bridgehead atoms. The van der Waals surface area contributed by atoms with Crippen LogP contribution in [0, 0.1) is 11.8 Å². The van der Waals surface area contributed by atoms with Gasteiger partial charge in [-0.2, -0.15) is 0 Å². The SMILES string of the molecule is CNC(c1ccc(OC(C)C)cc1)C1CC1C. The van der Waals surface area contributed by atoms with E-state index in [0.29, 0.717) is 6.04 Å². The maximum Gasteiger partial charge on any atom is 0.119 e. The van der Waals surface area contributed by atoms with Crippen molar-refractivity contribution < 1.29 is 4.74 Å². The average molecular weight is 233 g/mol. The van der Waals surface area contributed by atoms with E-state index in [0.717, 1.165) is 17.6 Å². The molecule has 2 nitrogen and oxygen atoms in total. The molecule has 1 saturated carbocycles. The maximum absolute atomic E-state index is 5.66. The minimum Gasteiger partial charge on any atom is -0.491 e. The predicted octanol–water partition coefficient (Wildman–Crippen LogP) is 3.39. The van der Waals surface area contributed by atoms with Gasteiger partial charge >= 0.3 is 0 Å². The number of nitrogens with one attached hydrogen (secondary N) is 1. The van der Waals surface area contributed by atoms with Gasteiger partial charge in [0.15, 0.2) is 0 Å². The van der Waals surface area contributed by atoms with Gasteiger partial charge in [0.1, 0.15) is 5.75 Å². The van der Waals surface area contributed by atoms with Crippen LogP contribution in [0.4, 0.5) is 0 Å². The lowest BCUT2D eigenvalue weighted by Crippen LogP contribution is -2.19. The summed E-state index contributed by atoms with van der Waals surface area (Å²) in [7, 11) is 2.05. The first kappa shape index (κ1) is 12.4. The van der Waals surface area contributed by atoms with Crippen LogP contribution in [0.15, 0.2) is 24.3 Å². The van der Waals surface area contributed by atoms with E-state index in [1.54, 1.807) is 0 Å². The largest absolute Gasteiger partial charge is 0.491 e. The van der Waals surface area contributed by atoms with Crippen molar-refractivity contribution in [3.8, 4) is 5.75 Å². The Bertz CT molecular complexity index is 358. The zero-order valence-corrected chi connectivity index (χ0v) is 11.2. The quantitative estimate of drug-likeness (QED) is 0.841. The summed E-state index contributed by atoms with van der Waals surface area (Å²) in [5, 5.41) is 3.43. The molecule has 2 heteroatoms. The van der Waals surface area contributed by atoms with Crippen molar-refractivity contribution in [3.63, 3.8) is 0 Å². The summed E-state index contributed by atoms with van der Waals surface area (Å²) in [6.45, 7) is 6.43. The fraction of sp³-hybridized carbons (Fsp3) is 0.600. The number of rotatable bonds is 5. The molecular formula is C15H23NO. The molecule has 94 valence electrons. The molecule has 0 amide bonds. The van der Waals surface area contributed by atoms with Crippen molar-refractivity contribution in [3.05, 3.63) is 29.8 Å². The topological polar surface area (TPSA) is 21.3 Å². The Labute approximate surface area is 104 Å². The minimum absolute atomic E-state index is 0.240. The van der Waals surface area contributed by atoms with E-state index in [1.165, 1.54) is 12.0 Å². The molecule has 1 fully saturated rings. The van der Waals surface area contributed by atoms with Crippen LogP contribution < -0.4 is 10.1 Å². The normalized spacial score (nSPS) is 24.8. The van der Waals surface area contributed by atoms with Crippen LogP contribution in [-0.4, -0.2) is 13.2 Å². The summed E-state index contributed by atoms with van der Waals surface area (Å²) in [6.07, 6.45) is 1.58. The summed E-state index contributed by atoms with van der Waals surface area (Å²) in [4.78, 5) is 0. The molecule has 1 aromatic carbocycles. The lowest BCUT2D eigenvalue weighted by atomic mass is 10.0. The van der Waals surface area contributed by atoms with Crippen LogP contribution in [0.1, 0.15) is 38.8 Å². The van der Waals surface area contributed by atoms with Crippen LogP contribution in [0.2, 0.25) is 0 Å². The van der Waals surface area contributed by atoms with E-state index in [4.69, 9.17) is 4.74 Å². The first-order valence-electron chi connectivity index (χ1n) is 6.55. The molecule has 17 heavy (non-hydrogen) atoms. The van der Waals surface area contributed by atoms with Crippen molar-refractivity contribution in [1.29, 1.82) is 0 Å². The summed E-state index contributed by atoms with van der Waals surface area (Å²) in [5.41, 5.74) is 1.37. The number of ether oxygens (including phenoxy) is 1. The van der Waals surface area contributed by atoms with Crippen LogP contribution in [0.3, 0.4) is 0 Å². The summed E-state index contributed by atoms with van der Waals surface area (Å²) >= 11 is 0. The van der Waals surface area contributed by atoms with Crippen LogP contribution in [0.5, 0.6) is 5.75 Å². The molecule has 3 unspecified atom stereocenters. The van der Waals surface area contributed by atoms with Crippen LogP contribution in [-0.2, 0) is 0 Å². The highest BCUT2D eigenvalue weighted by Gasteiger charge is 2.39. The second kappa shape index (κ2) is 5.09. The molecule has 0 aliphatic heterocycles. The van der Waals surface area contributed by atoms with E-state index in [9.17, 15) is 0 Å². The molecule has 0 spiro atoms. The lowest BCUT2D eigenvalue weighted by Gasteiger charge is -2.17. The minimum atomic E-state index is 0.240. The Morgan fingerprint density at radius 2 is 1.82 bits per heavy atom. The second-order valence-corrected chi connectivity index (χ2v) is 5.38. The zero-order valence-electron chi connectivity index (χ0n) is 11.2. The molecular weight excluding hydrogens is 210 g/mol. The van der Waals surface area contributed by atoms with Crippen molar-refractivity contribution >= 4 is 0 Å². The van der Waals surface area contributed by atoms with E-state index >= 15 is 0 Å². The van der Waals surface area contributed by atoms with Gasteiger partial charge in [0.2, 0.25) is 0 Å². The van der Waals surface area contributed by atoms with Gasteiger partial charge in [0, 0.05) is 6.04 Å². The van der Waals surface area contributed by atoms with Gasteiger partial charge in [-0.05, 0) is 56.8 Å².